The molecule has 1 fully saturated rings. The topological polar surface area (TPSA) is 114 Å². The van der Waals surface area contributed by atoms with Gasteiger partial charge in [-0.25, -0.2) is 4.79 Å². The Kier molecular flexibility index (Phi) is 5.06. The van der Waals surface area contributed by atoms with E-state index in [0.29, 0.717) is 0 Å². The van der Waals surface area contributed by atoms with Crippen LogP contribution in [0.15, 0.2) is 21.3 Å². The second kappa shape index (κ2) is 7.21. The molecule has 0 radical (unpaired) electrons. The summed E-state index contributed by atoms with van der Waals surface area (Å²) < 4.78 is 18.6. The summed E-state index contributed by atoms with van der Waals surface area (Å²) in [6.07, 6.45) is -2.21. The Morgan fingerprint density at radius 3 is 3.00 bits per heavy atom. The number of rotatable bonds is 5. The number of aromatic nitrogens is 2. The van der Waals surface area contributed by atoms with E-state index in [9.17, 15) is 19.8 Å². The van der Waals surface area contributed by atoms with Gasteiger partial charge in [0.15, 0.2) is 6.23 Å². The van der Waals surface area contributed by atoms with E-state index >= 15 is 0 Å². The molecule has 0 aromatic carbocycles. The number of nitrogens with one attached hydrogen (secondary N) is 1. The first-order chi connectivity index (χ1) is 11.0. The number of hydrogen-bond donors (Lipinski definition) is 3. The molecule has 122 valence electrons. The molecule has 9 heteroatoms. The SMILES string of the molecule is [2H]CCOC[C@H]1OC(n2cc(/C=C/Cl)c(=O)[nH]c2=O)[C@@H](O)[C@@H]1O. The van der Waals surface area contributed by atoms with Crippen LogP contribution in [0.5, 0.6) is 0 Å². The summed E-state index contributed by atoms with van der Waals surface area (Å²) in [6, 6.07) is 0. The first-order valence-corrected chi connectivity index (χ1v) is 6.94. The first-order valence-electron chi connectivity index (χ1n) is 7.21. The van der Waals surface area contributed by atoms with Crippen LogP contribution in [-0.2, 0) is 9.47 Å². The monoisotopic (exact) mass is 333 g/mol. The van der Waals surface area contributed by atoms with Gasteiger partial charge in [-0.15, -0.1) is 0 Å². The number of H-pyrrole nitrogens is 1. The standard InChI is InChI=1S/C13H17ClN2O6/c1-2-21-6-8-9(17)10(18)12(22-8)16-5-7(3-4-14)11(19)15-13(16)20/h3-5,8-10,12,17-18H,2,6H2,1H3,(H,15,19,20)/b4-3+/t8-,9-,10+,12?/m1/s1/i1D. The van der Waals surface area contributed by atoms with Crippen LogP contribution in [-0.4, -0.2) is 51.3 Å². The Hall–Kier alpha value is -1.45. The van der Waals surface area contributed by atoms with E-state index in [1.165, 1.54) is 12.3 Å². The van der Waals surface area contributed by atoms with E-state index in [-0.39, 0.29) is 25.7 Å². The largest absolute Gasteiger partial charge is 0.387 e. The maximum Gasteiger partial charge on any atom is 0.330 e. The summed E-state index contributed by atoms with van der Waals surface area (Å²) >= 11 is 5.43. The van der Waals surface area contributed by atoms with Gasteiger partial charge in [0.25, 0.3) is 5.56 Å². The van der Waals surface area contributed by atoms with E-state index in [4.69, 9.17) is 22.4 Å². The zero-order chi connectivity index (χ0) is 17.0. The Morgan fingerprint density at radius 2 is 2.32 bits per heavy atom. The van der Waals surface area contributed by atoms with Gasteiger partial charge < -0.3 is 19.7 Å². The van der Waals surface area contributed by atoms with E-state index < -0.39 is 35.8 Å². The molecule has 2 rings (SSSR count). The van der Waals surface area contributed by atoms with Crippen molar-refractivity contribution in [3.05, 3.63) is 38.1 Å². The summed E-state index contributed by atoms with van der Waals surface area (Å²) in [5.41, 5.74) is -0.214. The van der Waals surface area contributed by atoms with Gasteiger partial charge >= 0.3 is 5.69 Å². The minimum atomic E-state index is -1.38. The molecule has 0 bridgehead atoms. The third-order valence-electron chi connectivity index (χ3n) is 3.28. The van der Waals surface area contributed by atoms with Crippen LogP contribution in [0.1, 0.15) is 20.1 Å². The van der Waals surface area contributed by atoms with Gasteiger partial charge in [-0.1, -0.05) is 11.6 Å². The molecule has 8 nitrogen and oxygen atoms in total. The molecule has 3 N–H and O–H groups in total. The Morgan fingerprint density at radius 1 is 1.55 bits per heavy atom. The first kappa shape index (κ1) is 15.4. The predicted octanol–water partition coefficient (Wildman–Crippen LogP) is -0.598. The van der Waals surface area contributed by atoms with E-state index in [0.717, 1.165) is 10.1 Å². The molecule has 1 aliphatic heterocycles. The fourth-order valence-corrected chi connectivity index (χ4v) is 2.31. The highest BCUT2D eigenvalue weighted by atomic mass is 35.5. The van der Waals surface area contributed by atoms with Gasteiger partial charge in [0, 0.05) is 19.7 Å². The molecule has 0 saturated carbocycles. The minimum Gasteiger partial charge on any atom is -0.387 e. The van der Waals surface area contributed by atoms with Gasteiger partial charge in [0.2, 0.25) is 0 Å². The zero-order valence-corrected chi connectivity index (χ0v) is 12.3. The highest BCUT2D eigenvalue weighted by Gasteiger charge is 2.44. The smallest absolute Gasteiger partial charge is 0.330 e. The van der Waals surface area contributed by atoms with Crippen LogP contribution in [0.4, 0.5) is 0 Å². The van der Waals surface area contributed by atoms with Crippen molar-refractivity contribution in [1.29, 1.82) is 0 Å². The lowest BCUT2D eigenvalue weighted by Gasteiger charge is -2.17. The van der Waals surface area contributed by atoms with Crippen molar-refractivity contribution in [2.75, 3.05) is 13.2 Å². The van der Waals surface area contributed by atoms with Crippen molar-refractivity contribution in [1.82, 2.24) is 9.55 Å². The molecule has 1 unspecified atom stereocenters. The van der Waals surface area contributed by atoms with E-state index in [2.05, 4.69) is 4.98 Å². The molecule has 1 saturated heterocycles. The van der Waals surface area contributed by atoms with Crippen LogP contribution in [0.3, 0.4) is 0 Å². The Balaban J connectivity index is 2.26. The number of ether oxygens (including phenoxy) is 2. The quantitative estimate of drug-likeness (QED) is 0.620. The van der Waals surface area contributed by atoms with Crippen molar-refractivity contribution in [2.45, 2.75) is 31.4 Å². The van der Waals surface area contributed by atoms with Crippen LogP contribution < -0.4 is 11.2 Å². The molecule has 1 aromatic rings. The molecule has 4 atom stereocenters. The average molecular weight is 334 g/mol. The maximum atomic E-state index is 11.9. The summed E-state index contributed by atoms with van der Waals surface area (Å²) in [6.45, 7) is 0.194. The molecule has 1 aromatic heterocycles. The van der Waals surface area contributed by atoms with Gasteiger partial charge in [-0.05, 0) is 13.0 Å². The van der Waals surface area contributed by atoms with Crippen LogP contribution in [0.25, 0.3) is 6.08 Å². The summed E-state index contributed by atoms with van der Waals surface area (Å²) in [5, 5.41) is 20.1. The predicted molar refractivity (Wildman–Crippen MR) is 78.6 cm³/mol. The van der Waals surface area contributed by atoms with Gasteiger partial charge in [-0.3, -0.25) is 14.3 Å². The number of aromatic amines is 1. The van der Waals surface area contributed by atoms with Crippen molar-refractivity contribution < 1.29 is 21.1 Å². The van der Waals surface area contributed by atoms with Crippen LogP contribution >= 0.6 is 11.6 Å². The third kappa shape index (κ3) is 3.31. The highest BCUT2D eigenvalue weighted by molar-refractivity contribution is 6.27. The molecular weight excluding hydrogens is 316 g/mol. The normalized spacial score (nSPS) is 29.1. The number of aliphatic hydroxyl groups is 2. The number of nitrogens with zero attached hydrogens (tertiary/aromatic N) is 1. The molecule has 2 heterocycles. The maximum absolute atomic E-state index is 11.9. The second-order valence-electron chi connectivity index (χ2n) is 4.66. The molecule has 0 spiro atoms. The van der Waals surface area contributed by atoms with Crippen molar-refractivity contribution in [2.24, 2.45) is 0 Å². The molecule has 0 aliphatic carbocycles. The third-order valence-corrected chi connectivity index (χ3v) is 3.40. The second-order valence-corrected chi connectivity index (χ2v) is 4.92. The number of halogens is 1. The average Bonchev–Trinajstić information content (AvgIpc) is 2.79. The van der Waals surface area contributed by atoms with Crippen molar-refractivity contribution >= 4 is 17.7 Å². The molecule has 22 heavy (non-hydrogen) atoms. The lowest BCUT2D eigenvalue weighted by atomic mass is 10.1. The van der Waals surface area contributed by atoms with Crippen LogP contribution in [0, 0.1) is 0 Å². The van der Waals surface area contributed by atoms with E-state index in [1.807, 2.05) is 0 Å². The summed E-state index contributed by atoms with van der Waals surface area (Å²) in [4.78, 5) is 25.6. The molecule has 0 amide bonds. The molecule has 1 aliphatic rings. The summed E-state index contributed by atoms with van der Waals surface area (Å²) in [7, 11) is 0. The fraction of sp³-hybridized carbons (Fsp3) is 0.538. The molecular formula is C13H17ClN2O6. The van der Waals surface area contributed by atoms with Crippen molar-refractivity contribution in [3.63, 3.8) is 0 Å². The summed E-state index contributed by atoms with van der Waals surface area (Å²) in [5.74, 6) is 0. The van der Waals surface area contributed by atoms with Crippen molar-refractivity contribution in [3.8, 4) is 0 Å². The van der Waals surface area contributed by atoms with Gasteiger partial charge in [0.05, 0.1) is 12.2 Å². The van der Waals surface area contributed by atoms with E-state index in [1.54, 1.807) is 0 Å². The minimum absolute atomic E-state index is 0.0276. The Labute approximate surface area is 132 Å². The Bertz CT molecular complexity index is 675. The zero-order valence-electron chi connectivity index (χ0n) is 12.5. The number of aliphatic hydroxyl groups excluding tert-OH is 2. The van der Waals surface area contributed by atoms with Gasteiger partial charge in [0.1, 0.15) is 18.3 Å². The number of hydrogen-bond acceptors (Lipinski definition) is 6. The fourth-order valence-electron chi connectivity index (χ4n) is 2.17. The lowest BCUT2D eigenvalue weighted by Crippen LogP contribution is -2.38. The lowest BCUT2D eigenvalue weighted by molar-refractivity contribution is -0.0669. The highest BCUT2D eigenvalue weighted by Crippen LogP contribution is 2.28. The van der Waals surface area contributed by atoms with Crippen LogP contribution in [0.2, 0.25) is 0 Å². The van der Waals surface area contributed by atoms with Gasteiger partial charge in [-0.2, -0.15) is 0 Å².